The van der Waals surface area contributed by atoms with E-state index in [1.54, 1.807) is 12.1 Å². The van der Waals surface area contributed by atoms with Crippen molar-refractivity contribution in [2.75, 3.05) is 6.54 Å². The lowest BCUT2D eigenvalue weighted by Crippen LogP contribution is -2.54. The molecule has 1 saturated carbocycles. The summed E-state index contributed by atoms with van der Waals surface area (Å²) in [6.07, 6.45) is 2.23. The Morgan fingerprint density at radius 3 is 2.26 bits per heavy atom. The molecule has 5 heteroatoms. The molecule has 1 aliphatic rings. The molecule has 23 heavy (non-hydrogen) atoms. The Morgan fingerprint density at radius 2 is 1.78 bits per heavy atom. The molecule has 1 aromatic rings. The number of nitrogens with two attached hydrogens (primary N) is 1. The van der Waals surface area contributed by atoms with Gasteiger partial charge in [-0.15, -0.1) is 0 Å². The van der Waals surface area contributed by atoms with E-state index in [-0.39, 0.29) is 23.8 Å². The number of benzene rings is 1. The Hall–Kier alpha value is -1.88. The van der Waals surface area contributed by atoms with Crippen LogP contribution < -0.4 is 16.4 Å². The first kappa shape index (κ1) is 17.5. The molecule has 0 saturated heterocycles. The highest BCUT2D eigenvalue weighted by Gasteiger charge is 2.33. The minimum Gasteiger partial charge on any atom is -0.350 e. The van der Waals surface area contributed by atoms with E-state index in [4.69, 9.17) is 5.73 Å². The van der Waals surface area contributed by atoms with Crippen molar-refractivity contribution in [1.29, 1.82) is 0 Å². The Kier molecular flexibility index (Phi) is 5.77. The van der Waals surface area contributed by atoms with Crippen molar-refractivity contribution in [2.24, 2.45) is 17.6 Å². The second kappa shape index (κ2) is 7.59. The van der Waals surface area contributed by atoms with Gasteiger partial charge in [-0.25, -0.2) is 0 Å². The van der Waals surface area contributed by atoms with Gasteiger partial charge in [0.05, 0.1) is 0 Å². The molecule has 0 heterocycles. The van der Waals surface area contributed by atoms with E-state index in [1.165, 1.54) is 0 Å². The first-order valence-electron chi connectivity index (χ1n) is 8.30. The summed E-state index contributed by atoms with van der Waals surface area (Å²) in [7, 11) is 0. The number of carbonyl (C=O) groups is 2. The van der Waals surface area contributed by atoms with E-state index in [9.17, 15) is 9.59 Å². The predicted octanol–water partition coefficient (Wildman–Crippen LogP) is 1.60. The molecule has 2 rings (SSSR count). The number of aryl methyl sites for hydroxylation is 1. The van der Waals surface area contributed by atoms with Gasteiger partial charge in [-0.05, 0) is 43.7 Å². The van der Waals surface area contributed by atoms with Gasteiger partial charge >= 0.3 is 0 Å². The van der Waals surface area contributed by atoms with Crippen molar-refractivity contribution < 1.29 is 9.59 Å². The van der Waals surface area contributed by atoms with E-state index in [2.05, 4.69) is 10.6 Å². The molecule has 0 radical (unpaired) electrons. The summed E-state index contributed by atoms with van der Waals surface area (Å²) in [5, 5.41) is 5.85. The fourth-order valence-electron chi connectivity index (χ4n) is 2.60. The topological polar surface area (TPSA) is 84.2 Å². The van der Waals surface area contributed by atoms with Crippen LogP contribution in [-0.4, -0.2) is 30.4 Å². The highest BCUT2D eigenvalue weighted by atomic mass is 16.2. The summed E-state index contributed by atoms with van der Waals surface area (Å²) in [6, 6.07) is 6.77. The molecule has 1 aromatic carbocycles. The van der Waals surface area contributed by atoms with Gasteiger partial charge in [0.2, 0.25) is 5.91 Å². The SMILES string of the molecule is Cc1ccc(C(=O)NC(C(=O)NC(CN)C2CC2)C(C)C)cc1. The van der Waals surface area contributed by atoms with Crippen molar-refractivity contribution in [3.63, 3.8) is 0 Å². The van der Waals surface area contributed by atoms with Crippen LogP contribution in [0.5, 0.6) is 0 Å². The van der Waals surface area contributed by atoms with E-state index >= 15 is 0 Å². The molecule has 126 valence electrons. The molecule has 2 unspecified atom stereocenters. The Balaban J connectivity index is 2.01. The highest BCUT2D eigenvalue weighted by Crippen LogP contribution is 2.32. The van der Waals surface area contributed by atoms with Gasteiger partial charge in [0.15, 0.2) is 0 Å². The molecule has 2 atom stereocenters. The van der Waals surface area contributed by atoms with Crippen molar-refractivity contribution in [1.82, 2.24) is 10.6 Å². The largest absolute Gasteiger partial charge is 0.350 e. The fourth-order valence-corrected chi connectivity index (χ4v) is 2.60. The molecule has 5 nitrogen and oxygen atoms in total. The smallest absolute Gasteiger partial charge is 0.251 e. The monoisotopic (exact) mass is 317 g/mol. The third kappa shape index (κ3) is 4.79. The normalized spacial score (nSPS) is 16.7. The number of hydrogen-bond acceptors (Lipinski definition) is 3. The van der Waals surface area contributed by atoms with Gasteiger partial charge in [-0.2, -0.15) is 0 Å². The number of hydrogen-bond donors (Lipinski definition) is 3. The van der Waals surface area contributed by atoms with Crippen LogP contribution in [0.3, 0.4) is 0 Å². The molecule has 0 spiro atoms. The summed E-state index contributed by atoms with van der Waals surface area (Å²) in [5.41, 5.74) is 7.40. The number of carbonyl (C=O) groups excluding carboxylic acids is 2. The lowest BCUT2D eigenvalue weighted by Gasteiger charge is -2.25. The summed E-state index contributed by atoms with van der Waals surface area (Å²) in [6.45, 7) is 6.26. The number of rotatable bonds is 7. The zero-order valence-electron chi connectivity index (χ0n) is 14.1. The fraction of sp³-hybridized carbons (Fsp3) is 0.556. The molecular weight excluding hydrogens is 290 g/mol. The molecular formula is C18H27N3O2. The van der Waals surface area contributed by atoms with Crippen LogP contribution in [0.1, 0.15) is 42.6 Å². The molecule has 0 aromatic heterocycles. The van der Waals surface area contributed by atoms with Crippen LogP contribution in [0.2, 0.25) is 0 Å². The summed E-state index contributed by atoms with van der Waals surface area (Å²) in [5.74, 6) is 0.115. The van der Waals surface area contributed by atoms with Crippen LogP contribution >= 0.6 is 0 Å². The maximum absolute atomic E-state index is 12.5. The number of nitrogens with one attached hydrogen (secondary N) is 2. The van der Waals surface area contributed by atoms with Gasteiger partial charge in [-0.3, -0.25) is 9.59 Å². The van der Waals surface area contributed by atoms with Crippen LogP contribution in [-0.2, 0) is 4.79 Å². The lowest BCUT2D eigenvalue weighted by atomic mass is 10.0. The molecule has 0 bridgehead atoms. The zero-order chi connectivity index (χ0) is 17.0. The first-order valence-corrected chi connectivity index (χ1v) is 8.30. The average Bonchev–Trinajstić information content (AvgIpc) is 3.34. The maximum atomic E-state index is 12.5. The Bertz CT molecular complexity index is 550. The lowest BCUT2D eigenvalue weighted by molar-refractivity contribution is -0.124. The summed E-state index contributed by atoms with van der Waals surface area (Å²) >= 11 is 0. The second-order valence-corrected chi connectivity index (χ2v) is 6.75. The maximum Gasteiger partial charge on any atom is 0.251 e. The first-order chi connectivity index (χ1) is 10.9. The van der Waals surface area contributed by atoms with Crippen LogP contribution in [0.4, 0.5) is 0 Å². The Morgan fingerprint density at radius 1 is 1.17 bits per heavy atom. The van der Waals surface area contributed by atoms with E-state index in [0.29, 0.717) is 18.0 Å². The second-order valence-electron chi connectivity index (χ2n) is 6.75. The molecule has 4 N–H and O–H groups in total. The average molecular weight is 317 g/mol. The summed E-state index contributed by atoms with van der Waals surface area (Å²) in [4.78, 5) is 24.9. The van der Waals surface area contributed by atoms with Gasteiger partial charge in [0.1, 0.15) is 6.04 Å². The number of amides is 2. The predicted molar refractivity (Wildman–Crippen MR) is 91.0 cm³/mol. The van der Waals surface area contributed by atoms with Crippen molar-refractivity contribution in [3.05, 3.63) is 35.4 Å². The third-order valence-electron chi connectivity index (χ3n) is 4.32. The van der Waals surface area contributed by atoms with Gasteiger partial charge in [0, 0.05) is 18.2 Å². The molecule has 0 aliphatic heterocycles. The minimum absolute atomic E-state index is 0.00188. The van der Waals surface area contributed by atoms with Crippen LogP contribution in [0.25, 0.3) is 0 Å². The zero-order valence-corrected chi connectivity index (χ0v) is 14.1. The molecule has 1 aliphatic carbocycles. The van der Waals surface area contributed by atoms with Gasteiger partial charge < -0.3 is 16.4 Å². The Labute approximate surface area is 138 Å². The summed E-state index contributed by atoms with van der Waals surface area (Å²) < 4.78 is 0. The minimum atomic E-state index is -0.559. The third-order valence-corrected chi connectivity index (χ3v) is 4.32. The van der Waals surface area contributed by atoms with Crippen molar-refractivity contribution in [3.8, 4) is 0 Å². The standard InChI is InChI=1S/C18H27N3O2/c1-11(2)16(18(23)20-15(10-19)13-8-9-13)21-17(22)14-6-4-12(3)5-7-14/h4-7,11,13,15-16H,8-10,19H2,1-3H3,(H,20,23)(H,21,22). The van der Waals surface area contributed by atoms with Crippen LogP contribution in [0.15, 0.2) is 24.3 Å². The highest BCUT2D eigenvalue weighted by molar-refractivity contribution is 5.97. The van der Waals surface area contributed by atoms with E-state index in [1.807, 2.05) is 32.9 Å². The van der Waals surface area contributed by atoms with E-state index < -0.39 is 6.04 Å². The van der Waals surface area contributed by atoms with Gasteiger partial charge in [-0.1, -0.05) is 31.5 Å². The quantitative estimate of drug-likeness (QED) is 0.714. The van der Waals surface area contributed by atoms with E-state index in [0.717, 1.165) is 18.4 Å². The van der Waals surface area contributed by atoms with Crippen molar-refractivity contribution >= 4 is 11.8 Å². The molecule has 2 amide bonds. The van der Waals surface area contributed by atoms with Gasteiger partial charge in [0.25, 0.3) is 5.91 Å². The van der Waals surface area contributed by atoms with Crippen molar-refractivity contribution in [2.45, 2.75) is 45.7 Å². The molecule has 1 fully saturated rings. The van der Waals surface area contributed by atoms with Crippen LogP contribution in [0, 0.1) is 18.8 Å².